The smallest absolute Gasteiger partial charge is 0.203 e. The number of hydrogen-bond donors (Lipinski definition) is 0. The zero-order chi connectivity index (χ0) is 25.9. The van der Waals surface area contributed by atoms with E-state index in [2.05, 4.69) is 4.98 Å². The Morgan fingerprint density at radius 1 is 0.946 bits per heavy atom. The second-order valence-electron chi connectivity index (χ2n) is 8.27. The van der Waals surface area contributed by atoms with Crippen molar-refractivity contribution in [2.45, 2.75) is 13.0 Å². The zero-order valence-corrected chi connectivity index (χ0v) is 21.4. The molecule has 8 nitrogen and oxygen atoms in total. The van der Waals surface area contributed by atoms with Crippen LogP contribution in [0.25, 0.3) is 33.3 Å². The molecule has 2 aromatic heterocycles. The van der Waals surface area contributed by atoms with Crippen molar-refractivity contribution in [1.29, 1.82) is 0 Å². The van der Waals surface area contributed by atoms with E-state index >= 15 is 0 Å². The average Bonchev–Trinajstić information content (AvgIpc) is 3.24. The fraction of sp³-hybridized carbons (Fsp3) is 0.214. The third-order valence-corrected chi connectivity index (χ3v) is 6.34. The number of ether oxygens (including phenoxy) is 4. The number of nitrogens with zero attached hydrogens (tertiary/aromatic N) is 2. The second-order valence-corrected chi connectivity index (χ2v) is 8.61. The van der Waals surface area contributed by atoms with Gasteiger partial charge in [-0.3, -0.25) is 4.79 Å². The molecule has 0 bridgehead atoms. The Balaban J connectivity index is 1.36. The van der Waals surface area contributed by atoms with Crippen LogP contribution in [0.15, 0.2) is 69.9 Å². The maximum atomic E-state index is 12.8. The van der Waals surface area contributed by atoms with Gasteiger partial charge in [0.05, 0.1) is 44.4 Å². The quantitative estimate of drug-likeness (QED) is 0.222. The Morgan fingerprint density at radius 3 is 2.43 bits per heavy atom. The number of aromatic nitrogens is 2. The van der Waals surface area contributed by atoms with E-state index in [0.29, 0.717) is 70.1 Å². The lowest BCUT2D eigenvalue weighted by Gasteiger charge is -2.14. The van der Waals surface area contributed by atoms with Gasteiger partial charge < -0.3 is 27.9 Å². The maximum absolute atomic E-state index is 12.8. The Labute approximate surface area is 217 Å². The van der Waals surface area contributed by atoms with Crippen LogP contribution in [-0.2, 0) is 6.54 Å². The molecule has 0 aliphatic heterocycles. The molecule has 0 unspecified atom stereocenters. The number of methoxy groups -OCH3 is 3. The van der Waals surface area contributed by atoms with Gasteiger partial charge in [-0.05, 0) is 54.4 Å². The summed E-state index contributed by atoms with van der Waals surface area (Å²) in [7, 11) is 4.60. The highest BCUT2D eigenvalue weighted by Gasteiger charge is 2.17. The van der Waals surface area contributed by atoms with E-state index in [1.807, 2.05) is 28.8 Å². The fourth-order valence-corrected chi connectivity index (χ4v) is 4.53. The summed E-state index contributed by atoms with van der Waals surface area (Å²) in [5.74, 6) is 2.34. The highest BCUT2D eigenvalue weighted by molar-refractivity contribution is 6.29. The van der Waals surface area contributed by atoms with Gasteiger partial charge in [-0.2, -0.15) is 0 Å². The van der Waals surface area contributed by atoms with Crippen molar-refractivity contribution in [3.05, 3.63) is 76.2 Å². The van der Waals surface area contributed by atoms with Crippen molar-refractivity contribution in [2.24, 2.45) is 0 Å². The van der Waals surface area contributed by atoms with Gasteiger partial charge in [0.2, 0.25) is 11.0 Å². The minimum absolute atomic E-state index is 0.168. The number of halogens is 1. The highest BCUT2D eigenvalue weighted by atomic mass is 35.5. The molecule has 3 aromatic carbocycles. The average molecular weight is 521 g/mol. The van der Waals surface area contributed by atoms with Gasteiger partial charge in [0, 0.05) is 24.2 Å². The Kier molecular flexibility index (Phi) is 6.92. The van der Waals surface area contributed by atoms with Crippen molar-refractivity contribution < 1.29 is 23.4 Å². The Morgan fingerprint density at radius 2 is 1.70 bits per heavy atom. The zero-order valence-electron chi connectivity index (χ0n) is 20.6. The van der Waals surface area contributed by atoms with Crippen LogP contribution in [0.3, 0.4) is 0 Å². The van der Waals surface area contributed by atoms with Gasteiger partial charge in [-0.25, -0.2) is 4.98 Å². The summed E-state index contributed by atoms with van der Waals surface area (Å²) in [5.41, 5.74) is 2.71. The number of fused-ring (bicyclic) bond motifs is 2. The lowest BCUT2D eigenvalue weighted by atomic mass is 10.1. The van der Waals surface area contributed by atoms with Crippen molar-refractivity contribution in [1.82, 2.24) is 9.55 Å². The van der Waals surface area contributed by atoms with E-state index in [1.54, 1.807) is 30.3 Å². The summed E-state index contributed by atoms with van der Waals surface area (Å²) < 4.78 is 30.3. The van der Waals surface area contributed by atoms with Crippen LogP contribution in [0.2, 0.25) is 5.28 Å². The van der Waals surface area contributed by atoms with Crippen LogP contribution in [0, 0.1) is 0 Å². The molecule has 0 spiro atoms. The molecule has 0 atom stereocenters. The molecule has 190 valence electrons. The van der Waals surface area contributed by atoms with Gasteiger partial charge in [0.25, 0.3) is 0 Å². The van der Waals surface area contributed by atoms with E-state index in [1.165, 1.54) is 27.4 Å². The van der Waals surface area contributed by atoms with Crippen LogP contribution < -0.4 is 24.4 Å². The second kappa shape index (κ2) is 10.4. The predicted octanol–water partition coefficient (Wildman–Crippen LogP) is 5.96. The van der Waals surface area contributed by atoms with Crippen LogP contribution >= 0.6 is 11.6 Å². The number of imidazole rings is 1. The molecule has 0 saturated carbocycles. The summed E-state index contributed by atoms with van der Waals surface area (Å²) in [6, 6.07) is 17.9. The summed E-state index contributed by atoms with van der Waals surface area (Å²) in [6.45, 7) is 1.11. The lowest BCUT2D eigenvalue weighted by Crippen LogP contribution is -2.05. The maximum Gasteiger partial charge on any atom is 0.203 e. The highest BCUT2D eigenvalue weighted by Crippen LogP contribution is 2.41. The third kappa shape index (κ3) is 4.80. The normalized spacial score (nSPS) is 11.1. The standard InChI is InChI=1S/C28H25ClN2O6/c1-33-25-13-17(14-26(34-2)27(25)35-3)23-16-22(32)19-10-9-18(15-24(19)37-23)36-12-6-11-31-21-8-5-4-7-20(21)30-28(31)29/h4-5,7-10,13-16H,6,11-12H2,1-3H3. The van der Waals surface area contributed by atoms with E-state index < -0.39 is 0 Å². The van der Waals surface area contributed by atoms with Crippen LogP contribution in [-0.4, -0.2) is 37.5 Å². The number of aryl methyl sites for hydroxylation is 1. The first-order chi connectivity index (χ1) is 18.0. The predicted molar refractivity (Wildman–Crippen MR) is 142 cm³/mol. The molecule has 5 rings (SSSR count). The molecule has 0 aliphatic carbocycles. The SMILES string of the molecule is COc1cc(-c2cc(=O)c3ccc(OCCCn4c(Cl)nc5ccccc54)cc3o2)cc(OC)c1OC. The molecule has 2 heterocycles. The number of rotatable bonds is 9. The summed E-state index contributed by atoms with van der Waals surface area (Å²) in [5, 5.41) is 0.910. The fourth-order valence-electron chi connectivity index (χ4n) is 4.26. The van der Waals surface area contributed by atoms with E-state index in [4.69, 9.17) is 35.0 Å². The van der Waals surface area contributed by atoms with Crippen molar-refractivity contribution in [2.75, 3.05) is 27.9 Å². The first-order valence-corrected chi connectivity index (χ1v) is 12.0. The topological polar surface area (TPSA) is 85.0 Å². The van der Waals surface area contributed by atoms with Crippen molar-refractivity contribution in [3.63, 3.8) is 0 Å². The number of hydrogen-bond acceptors (Lipinski definition) is 7. The molecule has 0 aliphatic rings. The Hall–Kier alpha value is -4.17. The number of para-hydroxylation sites is 2. The van der Waals surface area contributed by atoms with Crippen LogP contribution in [0.4, 0.5) is 0 Å². The summed E-state index contributed by atoms with van der Waals surface area (Å²) in [6.07, 6.45) is 0.716. The van der Waals surface area contributed by atoms with Gasteiger partial charge in [0.15, 0.2) is 16.9 Å². The third-order valence-electron chi connectivity index (χ3n) is 6.05. The Bertz CT molecular complexity index is 1620. The lowest BCUT2D eigenvalue weighted by molar-refractivity contribution is 0.302. The van der Waals surface area contributed by atoms with Crippen molar-refractivity contribution >= 4 is 33.6 Å². The molecule has 5 aromatic rings. The number of benzene rings is 3. The first-order valence-electron chi connectivity index (χ1n) is 11.6. The molecule has 0 N–H and O–H groups in total. The van der Waals surface area contributed by atoms with Crippen molar-refractivity contribution in [3.8, 4) is 34.3 Å². The van der Waals surface area contributed by atoms with Crippen LogP contribution in [0.1, 0.15) is 6.42 Å². The first kappa shape index (κ1) is 24.5. The van der Waals surface area contributed by atoms with Gasteiger partial charge >= 0.3 is 0 Å². The molecule has 0 fully saturated rings. The molecule has 9 heteroatoms. The minimum Gasteiger partial charge on any atom is -0.493 e. The summed E-state index contributed by atoms with van der Waals surface area (Å²) in [4.78, 5) is 17.2. The van der Waals surface area contributed by atoms with E-state index in [9.17, 15) is 4.79 Å². The van der Waals surface area contributed by atoms with Gasteiger partial charge in [-0.15, -0.1) is 0 Å². The van der Waals surface area contributed by atoms with Crippen LogP contribution in [0.5, 0.6) is 23.0 Å². The molecular weight excluding hydrogens is 496 g/mol. The minimum atomic E-state index is -0.168. The van der Waals surface area contributed by atoms with Gasteiger partial charge in [0.1, 0.15) is 17.1 Å². The van der Waals surface area contributed by atoms with E-state index in [0.717, 1.165) is 11.0 Å². The molecule has 0 radical (unpaired) electrons. The van der Waals surface area contributed by atoms with E-state index in [-0.39, 0.29) is 5.43 Å². The molecule has 37 heavy (non-hydrogen) atoms. The summed E-state index contributed by atoms with van der Waals surface area (Å²) >= 11 is 6.31. The van der Waals surface area contributed by atoms with Gasteiger partial charge in [-0.1, -0.05) is 12.1 Å². The monoisotopic (exact) mass is 520 g/mol. The molecule has 0 amide bonds. The largest absolute Gasteiger partial charge is 0.493 e. The molecule has 0 saturated heterocycles. The molecular formula is C28H25ClN2O6.